The van der Waals surface area contributed by atoms with Gasteiger partial charge in [0.2, 0.25) is 5.91 Å². The molecule has 2 aliphatic rings. The molecule has 2 fully saturated rings. The van der Waals surface area contributed by atoms with E-state index in [9.17, 15) is 9.90 Å². The fourth-order valence-electron chi connectivity index (χ4n) is 2.26. The van der Waals surface area contributed by atoms with Gasteiger partial charge in [-0.25, -0.2) is 0 Å². The predicted molar refractivity (Wildman–Crippen MR) is 61.1 cm³/mol. The third-order valence-electron chi connectivity index (χ3n) is 3.49. The first-order valence-electron chi connectivity index (χ1n) is 6.04. The number of piperazine rings is 1. The lowest BCUT2D eigenvalue weighted by Crippen LogP contribution is -2.58. The first kappa shape index (κ1) is 11.8. The van der Waals surface area contributed by atoms with Crippen molar-refractivity contribution in [2.24, 2.45) is 0 Å². The van der Waals surface area contributed by atoms with Crippen LogP contribution in [0.25, 0.3) is 0 Å². The standard InChI is InChI=1S/C11H21N3O2/c1-11(16)2-6-14(7-3-11)10(15)9-8-12-4-5-13-9/h9,12-13,16H,2-8H2,1H3. The summed E-state index contributed by atoms with van der Waals surface area (Å²) in [7, 11) is 0. The molecule has 2 aliphatic heterocycles. The SMILES string of the molecule is CC1(O)CCN(C(=O)C2CNCCN2)CC1. The first-order valence-corrected chi connectivity index (χ1v) is 6.04. The molecule has 0 bridgehead atoms. The van der Waals surface area contributed by atoms with Gasteiger partial charge in [0.1, 0.15) is 0 Å². The number of nitrogens with zero attached hydrogens (tertiary/aromatic N) is 1. The van der Waals surface area contributed by atoms with Crippen molar-refractivity contribution in [1.29, 1.82) is 0 Å². The van der Waals surface area contributed by atoms with Gasteiger partial charge in [0.15, 0.2) is 0 Å². The molecule has 3 N–H and O–H groups in total. The van der Waals surface area contributed by atoms with Gasteiger partial charge in [-0.15, -0.1) is 0 Å². The van der Waals surface area contributed by atoms with Crippen LogP contribution in [-0.4, -0.2) is 60.3 Å². The Balaban J connectivity index is 1.86. The molecule has 2 heterocycles. The molecule has 0 aromatic carbocycles. The number of carbonyl (C=O) groups excluding carboxylic acids is 1. The highest BCUT2D eigenvalue weighted by atomic mass is 16.3. The van der Waals surface area contributed by atoms with Crippen molar-refractivity contribution in [1.82, 2.24) is 15.5 Å². The largest absolute Gasteiger partial charge is 0.390 e. The highest BCUT2D eigenvalue weighted by molar-refractivity contribution is 5.82. The van der Waals surface area contributed by atoms with E-state index in [1.54, 1.807) is 0 Å². The van der Waals surface area contributed by atoms with Gasteiger partial charge < -0.3 is 20.6 Å². The summed E-state index contributed by atoms with van der Waals surface area (Å²) in [6.45, 7) is 5.68. The number of aliphatic hydroxyl groups is 1. The lowest BCUT2D eigenvalue weighted by atomic mass is 9.93. The summed E-state index contributed by atoms with van der Waals surface area (Å²) in [5.74, 6) is 0.169. The number of amides is 1. The summed E-state index contributed by atoms with van der Waals surface area (Å²) in [6, 6.07) is -0.0863. The molecule has 2 saturated heterocycles. The van der Waals surface area contributed by atoms with Crippen molar-refractivity contribution in [3.63, 3.8) is 0 Å². The van der Waals surface area contributed by atoms with Gasteiger partial charge in [0.25, 0.3) is 0 Å². The Kier molecular flexibility index (Phi) is 3.47. The lowest BCUT2D eigenvalue weighted by molar-refractivity contribution is -0.137. The maximum absolute atomic E-state index is 12.1. The summed E-state index contributed by atoms with van der Waals surface area (Å²) in [4.78, 5) is 14.0. The lowest BCUT2D eigenvalue weighted by Gasteiger charge is -2.38. The van der Waals surface area contributed by atoms with E-state index >= 15 is 0 Å². The van der Waals surface area contributed by atoms with Crippen molar-refractivity contribution < 1.29 is 9.90 Å². The maximum Gasteiger partial charge on any atom is 0.241 e. The van der Waals surface area contributed by atoms with E-state index in [1.165, 1.54) is 0 Å². The van der Waals surface area contributed by atoms with E-state index in [1.807, 2.05) is 11.8 Å². The van der Waals surface area contributed by atoms with E-state index in [4.69, 9.17) is 0 Å². The summed E-state index contributed by atoms with van der Waals surface area (Å²) in [6.07, 6.45) is 1.36. The van der Waals surface area contributed by atoms with E-state index < -0.39 is 5.60 Å². The van der Waals surface area contributed by atoms with E-state index in [0.717, 1.165) is 13.1 Å². The van der Waals surface area contributed by atoms with Crippen molar-refractivity contribution in [2.45, 2.75) is 31.4 Å². The molecule has 5 heteroatoms. The second-order valence-corrected chi connectivity index (χ2v) is 5.03. The molecule has 0 saturated carbocycles. The zero-order chi connectivity index (χ0) is 11.6. The molecule has 1 unspecified atom stereocenters. The van der Waals surface area contributed by atoms with E-state index in [0.29, 0.717) is 32.5 Å². The molecular formula is C11H21N3O2. The Morgan fingerprint density at radius 2 is 2.06 bits per heavy atom. The molecule has 16 heavy (non-hydrogen) atoms. The highest BCUT2D eigenvalue weighted by Crippen LogP contribution is 2.21. The fourth-order valence-corrected chi connectivity index (χ4v) is 2.26. The average Bonchev–Trinajstić information content (AvgIpc) is 2.29. The number of likely N-dealkylation sites (tertiary alicyclic amines) is 1. The Morgan fingerprint density at radius 3 is 2.62 bits per heavy atom. The van der Waals surface area contributed by atoms with Crippen LogP contribution in [0.1, 0.15) is 19.8 Å². The molecule has 2 rings (SSSR count). The Labute approximate surface area is 96.2 Å². The van der Waals surface area contributed by atoms with Crippen LogP contribution in [0, 0.1) is 0 Å². The van der Waals surface area contributed by atoms with E-state index in [2.05, 4.69) is 10.6 Å². The summed E-state index contributed by atoms with van der Waals surface area (Å²) < 4.78 is 0. The summed E-state index contributed by atoms with van der Waals surface area (Å²) in [5, 5.41) is 16.3. The van der Waals surface area contributed by atoms with Crippen molar-refractivity contribution in [3.8, 4) is 0 Å². The monoisotopic (exact) mass is 227 g/mol. The predicted octanol–water partition coefficient (Wildman–Crippen LogP) is -1.08. The number of hydrogen-bond donors (Lipinski definition) is 3. The van der Waals surface area contributed by atoms with Crippen molar-refractivity contribution >= 4 is 5.91 Å². The summed E-state index contributed by atoms with van der Waals surface area (Å²) >= 11 is 0. The fraction of sp³-hybridized carbons (Fsp3) is 0.909. The van der Waals surface area contributed by atoms with Gasteiger partial charge in [-0.05, 0) is 19.8 Å². The van der Waals surface area contributed by atoms with Crippen LogP contribution in [-0.2, 0) is 4.79 Å². The van der Waals surface area contributed by atoms with Crippen molar-refractivity contribution in [2.75, 3.05) is 32.7 Å². The maximum atomic E-state index is 12.1. The first-order chi connectivity index (χ1) is 7.58. The Bertz CT molecular complexity index is 252. The number of rotatable bonds is 1. The molecule has 0 radical (unpaired) electrons. The molecule has 1 atom stereocenters. The van der Waals surface area contributed by atoms with Gasteiger partial charge in [-0.1, -0.05) is 0 Å². The molecule has 0 aromatic heterocycles. The van der Waals surface area contributed by atoms with Crippen LogP contribution >= 0.6 is 0 Å². The van der Waals surface area contributed by atoms with Crippen LogP contribution in [0.5, 0.6) is 0 Å². The number of carbonyl (C=O) groups is 1. The van der Waals surface area contributed by atoms with Gasteiger partial charge in [0.05, 0.1) is 11.6 Å². The van der Waals surface area contributed by atoms with Gasteiger partial charge in [0, 0.05) is 32.7 Å². The Morgan fingerprint density at radius 1 is 1.38 bits per heavy atom. The molecule has 92 valence electrons. The molecule has 0 aliphatic carbocycles. The third kappa shape index (κ3) is 2.72. The minimum absolute atomic E-state index is 0.0863. The summed E-state index contributed by atoms with van der Waals surface area (Å²) in [5.41, 5.74) is -0.588. The Hall–Kier alpha value is -0.650. The topological polar surface area (TPSA) is 64.6 Å². The number of hydrogen-bond acceptors (Lipinski definition) is 4. The zero-order valence-electron chi connectivity index (χ0n) is 9.83. The molecular weight excluding hydrogens is 206 g/mol. The minimum atomic E-state index is -0.588. The minimum Gasteiger partial charge on any atom is -0.390 e. The number of piperidine rings is 1. The van der Waals surface area contributed by atoms with Crippen LogP contribution in [0.4, 0.5) is 0 Å². The smallest absolute Gasteiger partial charge is 0.241 e. The zero-order valence-corrected chi connectivity index (χ0v) is 9.83. The third-order valence-corrected chi connectivity index (χ3v) is 3.49. The van der Waals surface area contributed by atoms with Crippen molar-refractivity contribution in [3.05, 3.63) is 0 Å². The second-order valence-electron chi connectivity index (χ2n) is 5.03. The molecule has 0 aromatic rings. The molecule has 1 amide bonds. The average molecular weight is 227 g/mol. The normalized spacial score (nSPS) is 30.1. The molecule has 0 spiro atoms. The van der Waals surface area contributed by atoms with E-state index in [-0.39, 0.29) is 11.9 Å². The molecule has 5 nitrogen and oxygen atoms in total. The van der Waals surface area contributed by atoms with Crippen LogP contribution in [0.15, 0.2) is 0 Å². The highest BCUT2D eigenvalue weighted by Gasteiger charge is 2.32. The van der Waals surface area contributed by atoms with Crippen LogP contribution in [0.3, 0.4) is 0 Å². The van der Waals surface area contributed by atoms with Crippen LogP contribution in [0.2, 0.25) is 0 Å². The quantitative estimate of drug-likeness (QED) is 0.533. The van der Waals surface area contributed by atoms with Gasteiger partial charge in [-0.2, -0.15) is 0 Å². The van der Waals surface area contributed by atoms with Crippen LogP contribution < -0.4 is 10.6 Å². The number of nitrogens with one attached hydrogen (secondary N) is 2. The van der Waals surface area contributed by atoms with Gasteiger partial charge >= 0.3 is 0 Å². The second kappa shape index (κ2) is 4.69. The van der Waals surface area contributed by atoms with Gasteiger partial charge in [-0.3, -0.25) is 4.79 Å².